The normalized spacial score (nSPS) is 37.2. The van der Waals surface area contributed by atoms with Crippen molar-refractivity contribution in [3.05, 3.63) is 0 Å². The summed E-state index contributed by atoms with van der Waals surface area (Å²) in [6.07, 6.45) is 9.42. The van der Waals surface area contributed by atoms with Crippen LogP contribution in [0.25, 0.3) is 0 Å². The molecule has 0 aromatic rings. The van der Waals surface area contributed by atoms with Crippen LogP contribution in [0.2, 0.25) is 0 Å². The molecule has 0 radical (unpaired) electrons. The van der Waals surface area contributed by atoms with Gasteiger partial charge >= 0.3 is 0 Å². The minimum atomic E-state index is -0.167. The molecule has 3 rings (SSSR count). The van der Waals surface area contributed by atoms with E-state index in [1.54, 1.807) is 7.11 Å². The molecule has 0 amide bonds. The van der Waals surface area contributed by atoms with Gasteiger partial charge in [-0.25, -0.2) is 0 Å². The minimum Gasteiger partial charge on any atom is -0.378 e. The Morgan fingerprint density at radius 2 is 1.62 bits per heavy atom. The highest BCUT2D eigenvalue weighted by atomic mass is 16.7. The van der Waals surface area contributed by atoms with Crippen LogP contribution in [0.1, 0.15) is 107 Å². The van der Waals surface area contributed by atoms with Crippen molar-refractivity contribution in [1.82, 2.24) is 0 Å². The molecule has 3 aliphatic carbocycles. The van der Waals surface area contributed by atoms with Crippen molar-refractivity contribution >= 4 is 0 Å². The topological polar surface area (TPSA) is 53.7 Å². The predicted molar refractivity (Wildman–Crippen MR) is 132 cm³/mol. The van der Waals surface area contributed by atoms with Crippen molar-refractivity contribution < 1.29 is 14.2 Å². The molecule has 32 heavy (non-hydrogen) atoms. The second kappa shape index (κ2) is 9.47. The average Bonchev–Trinajstić information content (AvgIpc) is 2.90. The lowest BCUT2D eigenvalue weighted by atomic mass is 9.62. The molecule has 8 unspecified atom stereocenters. The summed E-state index contributed by atoms with van der Waals surface area (Å²) in [6.45, 7) is 19.0. The Labute approximate surface area is 198 Å². The quantitative estimate of drug-likeness (QED) is 0.382. The Morgan fingerprint density at radius 3 is 2.19 bits per heavy atom. The molecule has 3 bridgehead atoms. The summed E-state index contributed by atoms with van der Waals surface area (Å²) in [5.74, 6) is 2.78. The van der Waals surface area contributed by atoms with Gasteiger partial charge < -0.3 is 19.9 Å². The molecule has 0 aromatic carbocycles. The molecule has 4 heteroatoms. The van der Waals surface area contributed by atoms with Crippen LogP contribution < -0.4 is 5.73 Å². The summed E-state index contributed by atoms with van der Waals surface area (Å²) in [5.41, 5.74) is 6.56. The molecule has 3 aliphatic rings. The molecular formula is C28H53NO3. The van der Waals surface area contributed by atoms with E-state index in [2.05, 4.69) is 55.4 Å². The molecule has 0 spiro atoms. The SMILES string of the molecule is CCC(C)(N)CC(C)(COC1CC2CC3CC2CC(OC(OC)C(C)C)(C3)C1)C(C)(C)C. The number of nitrogens with two attached hydrogens (primary N) is 1. The van der Waals surface area contributed by atoms with Gasteiger partial charge in [-0.3, -0.25) is 0 Å². The first kappa shape index (κ1) is 26.4. The first-order valence-electron chi connectivity index (χ1n) is 13.3. The maximum Gasteiger partial charge on any atom is 0.160 e. The Balaban J connectivity index is 1.77. The number of fused-ring (bicyclic) bond motifs is 2. The Morgan fingerprint density at radius 1 is 0.969 bits per heavy atom. The molecular weight excluding hydrogens is 398 g/mol. The van der Waals surface area contributed by atoms with Gasteiger partial charge in [0.15, 0.2) is 6.29 Å². The molecule has 3 fully saturated rings. The Kier molecular flexibility index (Phi) is 7.83. The maximum absolute atomic E-state index is 6.87. The third kappa shape index (κ3) is 5.73. The van der Waals surface area contributed by atoms with E-state index in [-0.39, 0.29) is 34.4 Å². The number of methoxy groups -OCH3 is 1. The van der Waals surface area contributed by atoms with Crippen LogP contribution in [0, 0.1) is 34.5 Å². The van der Waals surface area contributed by atoms with E-state index in [1.165, 1.54) is 32.1 Å². The average molecular weight is 452 g/mol. The zero-order valence-corrected chi connectivity index (χ0v) is 22.6. The lowest BCUT2D eigenvalue weighted by Crippen LogP contribution is -2.49. The van der Waals surface area contributed by atoms with Crippen LogP contribution >= 0.6 is 0 Å². The standard InChI is InChI=1S/C28H53NO3/c1-10-27(8,29)17-26(7,25(4,5)6)18-31-23-13-21-11-20-12-22(21)15-28(14-20,16-23)32-24(30-9)19(2)3/h19-24H,10-18,29H2,1-9H3. The predicted octanol–water partition coefficient (Wildman–Crippen LogP) is 6.56. The third-order valence-corrected chi connectivity index (χ3v) is 9.59. The highest BCUT2D eigenvalue weighted by molar-refractivity contribution is 5.04. The van der Waals surface area contributed by atoms with E-state index in [4.69, 9.17) is 19.9 Å². The fourth-order valence-electron chi connectivity index (χ4n) is 6.96. The van der Waals surface area contributed by atoms with Gasteiger partial charge in [-0.1, -0.05) is 48.5 Å². The van der Waals surface area contributed by atoms with Crippen LogP contribution in [0.15, 0.2) is 0 Å². The van der Waals surface area contributed by atoms with Crippen molar-refractivity contribution in [2.75, 3.05) is 13.7 Å². The summed E-state index contributed by atoms with van der Waals surface area (Å²) in [6, 6.07) is 0. The highest BCUT2D eigenvalue weighted by Crippen LogP contribution is 2.57. The summed E-state index contributed by atoms with van der Waals surface area (Å²) in [7, 11) is 1.79. The first-order valence-corrected chi connectivity index (χ1v) is 13.3. The van der Waals surface area contributed by atoms with E-state index in [1.807, 2.05) is 0 Å². The van der Waals surface area contributed by atoms with Gasteiger partial charge in [0, 0.05) is 25.0 Å². The summed E-state index contributed by atoms with van der Waals surface area (Å²) in [5, 5.41) is 0. The van der Waals surface area contributed by atoms with Crippen LogP contribution in [0.3, 0.4) is 0 Å². The fourth-order valence-corrected chi connectivity index (χ4v) is 6.96. The Bertz CT molecular complexity index is 627. The maximum atomic E-state index is 6.87. The van der Waals surface area contributed by atoms with Crippen molar-refractivity contribution in [3.63, 3.8) is 0 Å². The van der Waals surface area contributed by atoms with Crippen molar-refractivity contribution in [2.45, 2.75) is 130 Å². The van der Waals surface area contributed by atoms with Gasteiger partial charge in [0.1, 0.15) is 0 Å². The van der Waals surface area contributed by atoms with E-state index < -0.39 is 0 Å². The van der Waals surface area contributed by atoms with Crippen LogP contribution in [0.4, 0.5) is 0 Å². The molecule has 3 saturated carbocycles. The zero-order chi connectivity index (χ0) is 23.9. The van der Waals surface area contributed by atoms with Crippen LogP contribution in [-0.4, -0.2) is 37.3 Å². The van der Waals surface area contributed by atoms with Gasteiger partial charge in [-0.05, 0) is 80.5 Å². The molecule has 0 aromatic heterocycles. The third-order valence-electron chi connectivity index (χ3n) is 9.59. The summed E-state index contributed by atoms with van der Waals surface area (Å²) < 4.78 is 19.5. The fraction of sp³-hybridized carbons (Fsp3) is 1.00. The van der Waals surface area contributed by atoms with Gasteiger partial charge in [0.2, 0.25) is 0 Å². The summed E-state index contributed by atoms with van der Waals surface area (Å²) >= 11 is 0. The highest BCUT2D eigenvalue weighted by Gasteiger charge is 2.54. The molecule has 0 saturated heterocycles. The number of hydrogen-bond donors (Lipinski definition) is 1. The van der Waals surface area contributed by atoms with Crippen molar-refractivity contribution in [1.29, 1.82) is 0 Å². The number of hydrogen-bond acceptors (Lipinski definition) is 4. The number of rotatable bonds is 10. The van der Waals surface area contributed by atoms with E-state index in [9.17, 15) is 0 Å². The monoisotopic (exact) mass is 451 g/mol. The molecule has 2 N–H and O–H groups in total. The van der Waals surface area contributed by atoms with Crippen molar-refractivity contribution in [3.8, 4) is 0 Å². The van der Waals surface area contributed by atoms with Crippen LogP contribution in [0.5, 0.6) is 0 Å². The van der Waals surface area contributed by atoms with Crippen molar-refractivity contribution in [2.24, 2.45) is 40.2 Å². The van der Waals surface area contributed by atoms with Gasteiger partial charge in [-0.15, -0.1) is 0 Å². The minimum absolute atomic E-state index is 0.0249. The molecule has 4 nitrogen and oxygen atoms in total. The van der Waals surface area contributed by atoms with E-state index in [0.717, 1.165) is 43.6 Å². The molecule has 8 atom stereocenters. The van der Waals surface area contributed by atoms with Crippen LogP contribution in [-0.2, 0) is 14.2 Å². The van der Waals surface area contributed by atoms with E-state index in [0.29, 0.717) is 5.92 Å². The number of ether oxygens (including phenoxy) is 3. The van der Waals surface area contributed by atoms with E-state index >= 15 is 0 Å². The molecule has 0 heterocycles. The largest absolute Gasteiger partial charge is 0.378 e. The first-order chi connectivity index (χ1) is 14.7. The van der Waals surface area contributed by atoms with Gasteiger partial charge in [0.05, 0.1) is 18.3 Å². The lowest BCUT2D eigenvalue weighted by molar-refractivity contribution is -0.241. The molecule has 188 valence electrons. The summed E-state index contributed by atoms with van der Waals surface area (Å²) in [4.78, 5) is 0. The molecule has 0 aliphatic heterocycles. The smallest absolute Gasteiger partial charge is 0.160 e. The van der Waals surface area contributed by atoms with Gasteiger partial charge in [-0.2, -0.15) is 0 Å². The lowest BCUT2D eigenvalue weighted by Gasteiger charge is -2.47. The Hall–Kier alpha value is -0.160. The zero-order valence-electron chi connectivity index (χ0n) is 22.6. The second-order valence-corrected chi connectivity index (χ2v) is 13.8. The van der Waals surface area contributed by atoms with Gasteiger partial charge in [0.25, 0.3) is 0 Å². The second-order valence-electron chi connectivity index (χ2n) is 13.8.